The molecule has 66 heavy (non-hydrogen) atoms. The van der Waals surface area contributed by atoms with Crippen LogP contribution in [0.15, 0.2) is 84.9 Å². The van der Waals surface area contributed by atoms with Crippen LogP contribution in [-0.2, 0) is 31.8 Å². The van der Waals surface area contributed by atoms with Gasteiger partial charge in [0.1, 0.15) is 11.5 Å². The molecule has 15 nitrogen and oxygen atoms in total. The zero-order valence-electron chi connectivity index (χ0n) is 38.1. The highest BCUT2D eigenvalue weighted by atomic mass is 28.4. The van der Waals surface area contributed by atoms with Crippen LogP contribution >= 0.6 is 0 Å². The van der Waals surface area contributed by atoms with E-state index in [4.69, 9.17) is 23.8 Å². The SMILES string of the molecule is C.C.C1CCOC1.COc1ccc(CN2C(=O)CC[C@H]2CO)cc1-c1cccc(N([O-])O)c1.COc1ccc(CN2C(=O)CC[C@H]2CO[Si](C)(C)C(C)(C)C)cc1-c1cccc(N([O-])O)c1. The molecule has 3 N–H and O–H groups in total. The largest absolute Gasteiger partial charge is 0.733 e. The third-order valence-corrected chi connectivity index (χ3v) is 16.9. The van der Waals surface area contributed by atoms with Gasteiger partial charge in [0, 0.05) is 50.3 Å². The molecule has 0 aliphatic carbocycles. The Hall–Kier alpha value is -5.04. The summed E-state index contributed by atoms with van der Waals surface area (Å²) in [7, 11) is 1.24. The number of nitrogens with zero attached hydrogens (tertiary/aromatic N) is 4. The highest BCUT2D eigenvalue weighted by Gasteiger charge is 2.40. The number of aliphatic hydroxyl groups is 1. The van der Waals surface area contributed by atoms with Crippen molar-refractivity contribution in [2.45, 2.75) is 117 Å². The van der Waals surface area contributed by atoms with Gasteiger partial charge in [-0.1, -0.05) is 72.0 Å². The minimum absolute atomic E-state index is 0. The summed E-state index contributed by atoms with van der Waals surface area (Å²) < 4.78 is 22.3. The molecule has 3 aliphatic rings. The van der Waals surface area contributed by atoms with Crippen molar-refractivity contribution in [1.82, 2.24) is 9.80 Å². The molecule has 0 radical (unpaired) electrons. The average molecular weight is 933 g/mol. The molecule has 4 aromatic rings. The first-order chi connectivity index (χ1) is 30.5. The van der Waals surface area contributed by atoms with Gasteiger partial charge in [0.15, 0.2) is 8.32 Å². The zero-order valence-corrected chi connectivity index (χ0v) is 39.1. The van der Waals surface area contributed by atoms with Crippen molar-refractivity contribution in [1.29, 1.82) is 0 Å². The lowest BCUT2D eigenvalue weighted by Gasteiger charge is -2.38. The van der Waals surface area contributed by atoms with Crippen LogP contribution in [0, 0.1) is 10.4 Å². The van der Waals surface area contributed by atoms with Gasteiger partial charge in [-0.25, -0.2) is 0 Å². The molecule has 2 amide bonds. The quantitative estimate of drug-likeness (QED) is 0.0800. The predicted octanol–water partition coefficient (Wildman–Crippen LogP) is 10.2. The molecule has 3 saturated heterocycles. The Kier molecular flexibility index (Phi) is 21.1. The van der Waals surface area contributed by atoms with Crippen LogP contribution in [-0.4, -0.2) is 98.2 Å². The Bertz CT molecular complexity index is 2150. The predicted molar refractivity (Wildman–Crippen MR) is 263 cm³/mol. The van der Waals surface area contributed by atoms with E-state index in [1.807, 2.05) is 47.4 Å². The monoisotopic (exact) mass is 932 g/mol. The smallest absolute Gasteiger partial charge is 0.223 e. The summed E-state index contributed by atoms with van der Waals surface area (Å²) in [6, 6.07) is 24.5. The van der Waals surface area contributed by atoms with Crippen LogP contribution in [0.2, 0.25) is 18.1 Å². The van der Waals surface area contributed by atoms with Crippen LogP contribution in [0.4, 0.5) is 11.4 Å². The lowest BCUT2D eigenvalue weighted by molar-refractivity contribution is -0.130. The van der Waals surface area contributed by atoms with Gasteiger partial charge in [0.05, 0.1) is 50.9 Å². The second-order valence-corrected chi connectivity index (χ2v) is 22.5. The lowest BCUT2D eigenvalue weighted by Crippen LogP contribution is -2.45. The number of methoxy groups -OCH3 is 2. The van der Waals surface area contributed by atoms with Crippen molar-refractivity contribution in [3.63, 3.8) is 0 Å². The minimum atomic E-state index is -1.90. The van der Waals surface area contributed by atoms with Crippen LogP contribution in [0.5, 0.6) is 11.5 Å². The maximum absolute atomic E-state index is 12.7. The Balaban J connectivity index is 0.000000313. The molecule has 4 aromatic carbocycles. The number of amides is 2. The molecule has 0 spiro atoms. The number of hydrogen-bond acceptors (Lipinski definition) is 13. The van der Waals surface area contributed by atoms with Crippen LogP contribution in [0.25, 0.3) is 22.3 Å². The van der Waals surface area contributed by atoms with Crippen molar-refractivity contribution in [2.24, 2.45) is 0 Å². The standard InChI is InChI=1S/C25H35N2O5Si.C19H21N2O5.C4H8O.2CH4/c1-25(2,3)33(5,6)32-17-21-11-13-24(28)26(21)16-18-10-12-23(31-4)22(14-18)19-8-7-9-20(15-19)27(29)30;1-26-18-7-5-13(11-20-16(12-22)6-8-19(20)23)9-17(18)14-3-2-4-15(10-14)21(24)25;1-2-4-5-3-1;;/h7-10,12,14-15,21,29H,11,13,16-17H2,1-6H3;2-5,7,9-10,16,22,24H,6,8,11-12H2,1H3;1-4H2;2*1H4/q2*-1;;;/t21-;16-;;;/m00.../s1. The normalized spacial score (nSPS) is 16.9. The van der Waals surface area contributed by atoms with E-state index in [0.29, 0.717) is 56.0 Å². The van der Waals surface area contributed by atoms with Gasteiger partial charge in [-0.05, 0) is 115 Å². The second kappa shape index (κ2) is 25.2. The topological polar surface area (TPSA) is 191 Å². The van der Waals surface area contributed by atoms with E-state index in [2.05, 4.69) is 33.9 Å². The number of benzene rings is 4. The zero-order chi connectivity index (χ0) is 46.6. The van der Waals surface area contributed by atoms with Crippen LogP contribution < -0.4 is 19.9 Å². The lowest BCUT2D eigenvalue weighted by atomic mass is 10.0. The maximum atomic E-state index is 12.7. The molecule has 3 fully saturated rings. The molecule has 364 valence electrons. The van der Waals surface area contributed by atoms with E-state index < -0.39 is 8.32 Å². The van der Waals surface area contributed by atoms with E-state index in [-0.39, 0.29) is 72.2 Å². The summed E-state index contributed by atoms with van der Waals surface area (Å²) in [4.78, 5) is 28.4. The van der Waals surface area contributed by atoms with Gasteiger partial charge in [-0.15, -0.1) is 0 Å². The first-order valence-corrected chi connectivity index (χ1v) is 24.7. The first kappa shape index (κ1) is 55.3. The number of carbonyl (C=O) groups is 2. The van der Waals surface area contributed by atoms with E-state index >= 15 is 0 Å². The Morgan fingerprint density at radius 2 is 1.15 bits per heavy atom. The first-order valence-electron chi connectivity index (χ1n) is 21.7. The Morgan fingerprint density at radius 3 is 1.53 bits per heavy atom. The molecule has 0 saturated carbocycles. The number of anilines is 2. The molecule has 3 heterocycles. The molecular weight excluding hydrogens is 861 g/mol. The summed E-state index contributed by atoms with van der Waals surface area (Å²) in [6.45, 7) is 14.5. The van der Waals surface area contributed by atoms with E-state index in [1.54, 1.807) is 49.5 Å². The van der Waals surface area contributed by atoms with E-state index in [0.717, 1.165) is 47.5 Å². The molecule has 16 heteroatoms. The van der Waals surface area contributed by atoms with Gasteiger partial charge in [0.2, 0.25) is 11.8 Å². The molecule has 0 aromatic heterocycles. The third kappa shape index (κ3) is 14.5. The van der Waals surface area contributed by atoms with E-state index in [9.17, 15) is 30.3 Å². The van der Waals surface area contributed by atoms with Crippen molar-refractivity contribution < 1.29 is 43.7 Å². The minimum Gasteiger partial charge on any atom is -0.733 e. The summed E-state index contributed by atoms with van der Waals surface area (Å²) in [5, 5.41) is 50.1. The van der Waals surface area contributed by atoms with Gasteiger partial charge >= 0.3 is 0 Å². The number of hydrogen-bond donors (Lipinski definition) is 3. The fourth-order valence-electron chi connectivity index (χ4n) is 7.55. The van der Waals surface area contributed by atoms with E-state index in [1.165, 1.54) is 25.0 Å². The molecule has 7 rings (SSSR count). The number of likely N-dealkylation sites (tertiary alicyclic amines) is 2. The van der Waals surface area contributed by atoms with Gasteiger partial charge in [0.25, 0.3) is 0 Å². The summed E-state index contributed by atoms with van der Waals surface area (Å²) in [5.74, 6) is 1.44. The maximum Gasteiger partial charge on any atom is 0.223 e. The summed E-state index contributed by atoms with van der Waals surface area (Å²) >= 11 is 0. The number of aliphatic hydroxyl groups excluding tert-OH is 1. The van der Waals surface area contributed by atoms with Crippen LogP contribution in [0.1, 0.15) is 85.3 Å². The fraction of sp³-hybridized carbons (Fsp3) is 0.480. The van der Waals surface area contributed by atoms with Gasteiger partial charge < -0.3 is 54.4 Å². The van der Waals surface area contributed by atoms with Gasteiger partial charge in [-0.2, -0.15) is 0 Å². The van der Waals surface area contributed by atoms with Gasteiger partial charge in [-0.3, -0.25) is 20.0 Å². The fourth-order valence-corrected chi connectivity index (χ4v) is 8.59. The Labute approximate surface area is 392 Å². The Morgan fingerprint density at radius 1 is 0.712 bits per heavy atom. The highest BCUT2D eigenvalue weighted by Crippen LogP contribution is 2.38. The van der Waals surface area contributed by atoms with Crippen molar-refractivity contribution in [3.05, 3.63) is 106 Å². The average Bonchev–Trinajstić information content (AvgIpc) is 4.06. The molecule has 2 atom stereocenters. The van der Waals surface area contributed by atoms with Crippen LogP contribution in [0.3, 0.4) is 0 Å². The number of rotatable bonds is 14. The highest BCUT2D eigenvalue weighted by molar-refractivity contribution is 6.74. The van der Waals surface area contributed by atoms with Crippen molar-refractivity contribution in [2.75, 3.05) is 51.1 Å². The second-order valence-electron chi connectivity index (χ2n) is 17.7. The summed E-state index contributed by atoms with van der Waals surface area (Å²) in [5.41, 5.74) is 5.10. The molecular formula is C50H72N4O11Si-2. The molecule has 0 bridgehead atoms. The number of ether oxygens (including phenoxy) is 3. The van der Waals surface area contributed by atoms with Crippen molar-refractivity contribution in [3.8, 4) is 33.8 Å². The molecule has 3 aliphatic heterocycles. The number of carbonyl (C=O) groups excluding carboxylic acids is 2. The van der Waals surface area contributed by atoms with Crippen molar-refractivity contribution >= 4 is 31.5 Å². The summed E-state index contributed by atoms with van der Waals surface area (Å²) in [6.07, 6.45) is 5.00. The molecule has 0 unspecified atom stereocenters. The third-order valence-electron chi connectivity index (χ3n) is 12.4.